The molecule has 5 rings (SSSR count). The molecule has 0 spiro atoms. The molecule has 0 aromatic heterocycles. The second-order valence-corrected chi connectivity index (χ2v) is 11.3. The molecule has 3 fully saturated rings. The van der Waals surface area contributed by atoms with Gasteiger partial charge >= 0.3 is 0 Å². The number of ether oxygens (including phenoxy) is 2. The standard InChI is InChI=1S/C30H38F4O2/c1-2-3-18-4-6-19(7-5-18)23-14-15-24(29(33)28(23)32)20-8-11-22(12-9-20)35-16-21-10-13-25(26-17-36-26)30(34)27(21)31/h2-3,14-15,18-22,25-26H,4-13,16-17H2,1H3/b3-2+. The molecule has 4 aliphatic rings. The van der Waals surface area contributed by atoms with Crippen LogP contribution in [-0.2, 0) is 9.47 Å². The quantitative estimate of drug-likeness (QED) is 0.210. The highest BCUT2D eigenvalue weighted by Gasteiger charge is 2.41. The highest BCUT2D eigenvalue weighted by molar-refractivity contribution is 5.32. The van der Waals surface area contributed by atoms with Gasteiger partial charge in [-0.05, 0) is 100 Å². The van der Waals surface area contributed by atoms with Gasteiger partial charge in [-0.2, -0.15) is 0 Å². The number of allylic oxidation sites excluding steroid dienone is 2. The van der Waals surface area contributed by atoms with E-state index < -0.39 is 35.1 Å². The van der Waals surface area contributed by atoms with Gasteiger partial charge in [-0.15, -0.1) is 0 Å². The van der Waals surface area contributed by atoms with E-state index in [1.54, 1.807) is 6.07 Å². The second-order valence-electron chi connectivity index (χ2n) is 11.3. The van der Waals surface area contributed by atoms with Crippen LogP contribution in [0.25, 0.3) is 0 Å². The Hall–Kier alpha value is -1.66. The Kier molecular flexibility index (Phi) is 8.21. The fraction of sp³-hybridized carbons (Fsp3) is 0.667. The number of hydrogen-bond donors (Lipinski definition) is 0. The zero-order chi connectivity index (χ0) is 25.2. The minimum absolute atomic E-state index is 0.0399. The van der Waals surface area contributed by atoms with Gasteiger partial charge in [-0.1, -0.05) is 24.3 Å². The average Bonchev–Trinajstić information content (AvgIpc) is 3.73. The van der Waals surface area contributed by atoms with Crippen LogP contribution in [0.15, 0.2) is 35.9 Å². The fourth-order valence-electron chi connectivity index (χ4n) is 6.70. The Balaban J connectivity index is 1.13. The van der Waals surface area contributed by atoms with Gasteiger partial charge < -0.3 is 9.47 Å². The van der Waals surface area contributed by atoms with Crippen LogP contribution in [0.2, 0.25) is 0 Å². The van der Waals surface area contributed by atoms with Gasteiger partial charge in [0, 0.05) is 11.8 Å². The molecule has 0 bridgehead atoms. The van der Waals surface area contributed by atoms with E-state index in [9.17, 15) is 8.78 Å². The van der Waals surface area contributed by atoms with Crippen molar-refractivity contribution >= 4 is 0 Å². The molecule has 1 aromatic carbocycles. The van der Waals surface area contributed by atoms with E-state index in [1.807, 2.05) is 13.0 Å². The van der Waals surface area contributed by atoms with Gasteiger partial charge in [0.25, 0.3) is 0 Å². The molecular weight excluding hydrogens is 468 g/mol. The van der Waals surface area contributed by atoms with Crippen LogP contribution in [0.3, 0.4) is 0 Å². The first-order valence-corrected chi connectivity index (χ1v) is 13.8. The lowest BCUT2D eigenvalue weighted by Crippen LogP contribution is -2.27. The summed E-state index contributed by atoms with van der Waals surface area (Å²) in [5, 5.41) is 0. The lowest BCUT2D eigenvalue weighted by molar-refractivity contribution is 0.00161. The molecule has 3 atom stereocenters. The number of epoxide rings is 1. The molecule has 1 aromatic rings. The maximum absolute atomic E-state index is 15.2. The lowest BCUT2D eigenvalue weighted by Gasteiger charge is -2.32. The van der Waals surface area contributed by atoms with Crippen molar-refractivity contribution in [1.29, 1.82) is 0 Å². The van der Waals surface area contributed by atoms with E-state index in [2.05, 4.69) is 12.2 Å². The predicted molar refractivity (Wildman–Crippen MR) is 132 cm³/mol. The number of benzene rings is 1. The summed E-state index contributed by atoms with van der Waals surface area (Å²) >= 11 is 0. The van der Waals surface area contributed by atoms with Crippen LogP contribution in [-0.4, -0.2) is 25.4 Å². The van der Waals surface area contributed by atoms with Crippen molar-refractivity contribution in [2.24, 2.45) is 17.8 Å². The van der Waals surface area contributed by atoms with Gasteiger partial charge in [0.2, 0.25) is 0 Å². The van der Waals surface area contributed by atoms with Crippen LogP contribution < -0.4 is 0 Å². The number of hydrogen-bond acceptors (Lipinski definition) is 2. The average molecular weight is 507 g/mol. The molecule has 3 aliphatic carbocycles. The van der Waals surface area contributed by atoms with Gasteiger partial charge in [-0.25, -0.2) is 17.6 Å². The summed E-state index contributed by atoms with van der Waals surface area (Å²) in [4.78, 5) is 0. The third kappa shape index (κ3) is 5.60. The normalized spacial score (nSPS) is 35.4. The molecule has 0 radical (unpaired) electrons. The van der Waals surface area contributed by atoms with Gasteiger partial charge in [0.05, 0.1) is 25.4 Å². The fourth-order valence-corrected chi connectivity index (χ4v) is 6.70. The summed E-state index contributed by atoms with van der Waals surface area (Å²) in [5.74, 6) is -3.07. The molecular formula is C30H38F4O2. The van der Waals surface area contributed by atoms with Crippen molar-refractivity contribution in [2.45, 2.75) is 95.2 Å². The van der Waals surface area contributed by atoms with Crippen molar-refractivity contribution in [2.75, 3.05) is 13.2 Å². The molecule has 1 heterocycles. The Bertz CT molecular complexity index is 969. The smallest absolute Gasteiger partial charge is 0.162 e. The summed E-state index contributed by atoms with van der Waals surface area (Å²) in [6.45, 7) is 2.70. The van der Waals surface area contributed by atoms with Crippen molar-refractivity contribution in [1.82, 2.24) is 0 Å². The van der Waals surface area contributed by atoms with Crippen molar-refractivity contribution in [3.8, 4) is 0 Å². The van der Waals surface area contributed by atoms with E-state index >= 15 is 8.78 Å². The first kappa shape index (κ1) is 26.0. The summed E-state index contributed by atoms with van der Waals surface area (Å²) in [7, 11) is 0. The minimum Gasteiger partial charge on any atom is -0.377 e. The second kappa shape index (κ2) is 11.4. The zero-order valence-electron chi connectivity index (χ0n) is 21.2. The van der Waals surface area contributed by atoms with E-state index in [-0.39, 0.29) is 30.7 Å². The maximum atomic E-state index is 15.2. The summed E-state index contributed by atoms with van der Waals surface area (Å²) in [5.41, 5.74) is 0.992. The highest BCUT2D eigenvalue weighted by Crippen LogP contribution is 2.43. The Morgan fingerprint density at radius 2 is 1.39 bits per heavy atom. The SMILES string of the molecule is C/C=C/C1CCC(c2ccc(C3CCC(OCC4CCC(C5CO5)C(F)=C4F)CC3)c(F)c2F)CC1. The molecule has 3 unspecified atom stereocenters. The molecule has 6 heteroatoms. The van der Waals surface area contributed by atoms with Crippen molar-refractivity contribution in [3.05, 3.63) is 58.7 Å². The third-order valence-corrected chi connectivity index (χ3v) is 9.01. The maximum Gasteiger partial charge on any atom is 0.162 e. The van der Waals surface area contributed by atoms with Crippen molar-refractivity contribution in [3.63, 3.8) is 0 Å². The highest BCUT2D eigenvalue weighted by atomic mass is 19.2. The first-order chi connectivity index (χ1) is 17.5. The summed E-state index contributed by atoms with van der Waals surface area (Å²) < 4.78 is 70.2. The summed E-state index contributed by atoms with van der Waals surface area (Å²) in [6.07, 6.45) is 11.9. The van der Waals surface area contributed by atoms with Gasteiger partial charge in [0.1, 0.15) is 11.7 Å². The topological polar surface area (TPSA) is 21.8 Å². The van der Waals surface area contributed by atoms with E-state index in [1.165, 1.54) is 0 Å². The Labute approximate surface area is 212 Å². The largest absolute Gasteiger partial charge is 0.377 e. The van der Waals surface area contributed by atoms with E-state index in [4.69, 9.17) is 9.47 Å². The molecule has 198 valence electrons. The minimum atomic E-state index is -0.688. The third-order valence-electron chi connectivity index (χ3n) is 9.01. The molecule has 1 saturated heterocycles. The lowest BCUT2D eigenvalue weighted by atomic mass is 9.77. The van der Waals surface area contributed by atoms with Crippen LogP contribution in [0.1, 0.15) is 94.1 Å². The first-order valence-electron chi connectivity index (χ1n) is 13.8. The predicted octanol–water partition coefficient (Wildman–Crippen LogP) is 8.43. The van der Waals surface area contributed by atoms with Crippen LogP contribution in [0.4, 0.5) is 17.6 Å². The molecule has 36 heavy (non-hydrogen) atoms. The Morgan fingerprint density at radius 3 is 1.94 bits per heavy atom. The molecule has 2 nitrogen and oxygen atoms in total. The van der Waals surface area contributed by atoms with Crippen LogP contribution >= 0.6 is 0 Å². The van der Waals surface area contributed by atoms with E-state index in [0.717, 1.165) is 25.7 Å². The zero-order valence-corrected chi connectivity index (χ0v) is 21.2. The van der Waals surface area contributed by atoms with Crippen LogP contribution in [0, 0.1) is 29.4 Å². The summed E-state index contributed by atoms with van der Waals surface area (Å²) in [6, 6.07) is 3.60. The van der Waals surface area contributed by atoms with Gasteiger partial charge in [0.15, 0.2) is 11.6 Å². The number of rotatable bonds is 7. The van der Waals surface area contributed by atoms with E-state index in [0.29, 0.717) is 62.2 Å². The molecule has 1 aliphatic heterocycles. The van der Waals surface area contributed by atoms with Crippen molar-refractivity contribution < 1.29 is 27.0 Å². The van der Waals surface area contributed by atoms with Crippen LogP contribution in [0.5, 0.6) is 0 Å². The Morgan fingerprint density at radius 1 is 0.806 bits per heavy atom. The molecule has 0 N–H and O–H groups in total. The molecule has 2 saturated carbocycles. The molecule has 0 amide bonds. The van der Waals surface area contributed by atoms with Gasteiger partial charge in [-0.3, -0.25) is 0 Å². The monoisotopic (exact) mass is 506 g/mol. The number of halogens is 4.